The fourth-order valence-corrected chi connectivity index (χ4v) is 1.88. The van der Waals surface area contributed by atoms with Crippen molar-refractivity contribution < 1.29 is 13.9 Å². The summed E-state index contributed by atoms with van der Waals surface area (Å²) in [5.74, 6) is 0. The number of aryl methyl sites for hydroxylation is 1. The highest BCUT2D eigenvalue weighted by atomic mass is 16.7. The summed E-state index contributed by atoms with van der Waals surface area (Å²) < 4.78 is 13.8. The van der Waals surface area contributed by atoms with E-state index in [2.05, 4.69) is 6.07 Å². The molecule has 1 aromatic heterocycles. The lowest BCUT2D eigenvalue weighted by atomic mass is 9.77. The van der Waals surface area contributed by atoms with Gasteiger partial charge in [-0.2, -0.15) is 5.26 Å². The van der Waals surface area contributed by atoms with E-state index in [0.717, 1.165) is 5.46 Å². The van der Waals surface area contributed by atoms with E-state index in [1.807, 2.05) is 51.7 Å². The Morgan fingerprint density at radius 3 is 2.28 bits per heavy atom. The first-order valence-corrected chi connectivity index (χ1v) is 6.02. The van der Waals surface area contributed by atoms with Crippen LogP contribution >= 0.6 is 0 Å². The van der Waals surface area contributed by atoms with Gasteiger partial charge in [0.1, 0.15) is 7.05 Å². The molecular formula is C13H18BN2O2+. The Morgan fingerprint density at radius 2 is 1.78 bits per heavy atom. The number of aromatic nitrogens is 1. The maximum atomic E-state index is 9.16. The molecule has 0 N–H and O–H groups in total. The van der Waals surface area contributed by atoms with Crippen molar-refractivity contribution in [1.82, 2.24) is 0 Å². The van der Waals surface area contributed by atoms with Crippen LogP contribution in [0.25, 0.3) is 0 Å². The van der Waals surface area contributed by atoms with Crippen LogP contribution < -0.4 is 10.0 Å². The van der Waals surface area contributed by atoms with Crippen molar-refractivity contribution in [1.29, 1.82) is 5.26 Å². The maximum absolute atomic E-state index is 9.16. The van der Waals surface area contributed by atoms with Crippen molar-refractivity contribution in [2.24, 2.45) is 7.05 Å². The Morgan fingerprint density at radius 1 is 1.22 bits per heavy atom. The molecule has 0 unspecified atom stereocenters. The smallest absolute Gasteiger partial charge is 0.399 e. The van der Waals surface area contributed by atoms with Gasteiger partial charge in [-0.05, 0) is 27.7 Å². The number of rotatable bonds is 1. The largest absolute Gasteiger partial charge is 0.502 e. The standard InChI is InChI=1S/C13H18BN2O2/c1-12(2)13(3,4)18-14(17-12)11-9-16(5)7-6-10(11)8-15/h6-7,9H,1-5H3/q+1. The molecule has 1 saturated heterocycles. The van der Waals surface area contributed by atoms with Crippen molar-refractivity contribution in [3.8, 4) is 6.07 Å². The topological polar surface area (TPSA) is 46.1 Å². The number of pyridine rings is 1. The molecule has 1 fully saturated rings. The van der Waals surface area contributed by atoms with Crippen molar-refractivity contribution in [3.63, 3.8) is 0 Å². The van der Waals surface area contributed by atoms with Gasteiger partial charge in [-0.1, -0.05) is 0 Å². The molecule has 5 heteroatoms. The molecule has 2 rings (SSSR count). The molecule has 0 aliphatic carbocycles. The number of nitriles is 1. The zero-order chi connectivity index (χ0) is 13.6. The summed E-state index contributed by atoms with van der Waals surface area (Å²) in [6, 6.07) is 3.96. The zero-order valence-electron chi connectivity index (χ0n) is 11.5. The van der Waals surface area contributed by atoms with Gasteiger partial charge in [0, 0.05) is 6.07 Å². The van der Waals surface area contributed by atoms with Gasteiger partial charge in [0.25, 0.3) is 0 Å². The van der Waals surface area contributed by atoms with E-state index in [1.54, 1.807) is 6.07 Å². The van der Waals surface area contributed by atoms with Crippen LogP contribution in [0.1, 0.15) is 33.3 Å². The molecule has 2 heterocycles. The molecule has 0 saturated carbocycles. The Hall–Kier alpha value is -1.38. The summed E-state index contributed by atoms with van der Waals surface area (Å²) in [6.07, 6.45) is 3.72. The average Bonchev–Trinajstić information content (AvgIpc) is 2.48. The van der Waals surface area contributed by atoms with Crippen LogP contribution in [0, 0.1) is 11.3 Å². The van der Waals surface area contributed by atoms with E-state index in [1.165, 1.54) is 0 Å². The van der Waals surface area contributed by atoms with Gasteiger partial charge in [-0.25, -0.2) is 4.57 Å². The summed E-state index contributed by atoms with van der Waals surface area (Å²) in [4.78, 5) is 0. The molecule has 0 amide bonds. The Balaban J connectivity index is 2.41. The molecule has 1 aliphatic rings. The van der Waals surface area contributed by atoms with Crippen LogP contribution in [-0.4, -0.2) is 18.3 Å². The third kappa shape index (κ3) is 2.02. The average molecular weight is 245 g/mol. The van der Waals surface area contributed by atoms with E-state index >= 15 is 0 Å². The molecule has 1 aliphatic heterocycles. The third-order valence-electron chi connectivity index (χ3n) is 3.76. The monoisotopic (exact) mass is 245 g/mol. The van der Waals surface area contributed by atoms with E-state index in [9.17, 15) is 0 Å². The Bertz CT molecular complexity index is 504. The molecule has 0 aromatic carbocycles. The van der Waals surface area contributed by atoms with Crippen LogP contribution in [0.5, 0.6) is 0 Å². The summed E-state index contributed by atoms with van der Waals surface area (Å²) in [5, 5.41) is 9.16. The Labute approximate surface area is 108 Å². The normalized spacial score (nSPS) is 20.8. The van der Waals surface area contributed by atoms with E-state index in [-0.39, 0.29) is 0 Å². The van der Waals surface area contributed by atoms with Crippen molar-refractivity contribution in [3.05, 3.63) is 24.0 Å². The molecule has 18 heavy (non-hydrogen) atoms. The van der Waals surface area contributed by atoms with Crippen LogP contribution in [0.2, 0.25) is 0 Å². The van der Waals surface area contributed by atoms with E-state index < -0.39 is 18.3 Å². The zero-order valence-corrected chi connectivity index (χ0v) is 11.5. The minimum absolute atomic E-state index is 0.390. The van der Waals surface area contributed by atoms with Crippen LogP contribution in [-0.2, 0) is 16.4 Å². The van der Waals surface area contributed by atoms with Crippen molar-refractivity contribution in [2.75, 3.05) is 0 Å². The lowest BCUT2D eigenvalue weighted by Gasteiger charge is -2.32. The first kappa shape index (κ1) is 13.1. The van der Waals surface area contributed by atoms with Crippen molar-refractivity contribution >= 4 is 12.6 Å². The fourth-order valence-electron chi connectivity index (χ4n) is 1.88. The summed E-state index contributed by atoms with van der Waals surface area (Å²) in [7, 11) is 1.42. The number of hydrogen-bond acceptors (Lipinski definition) is 3. The Kier molecular flexibility index (Phi) is 2.96. The first-order chi connectivity index (χ1) is 8.27. The highest BCUT2D eigenvalue weighted by molar-refractivity contribution is 6.62. The molecule has 1 aromatic rings. The lowest BCUT2D eigenvalue weighted by Crippen LogP contribution is -2.42. The number of hydrogen-bond donors (Lipinski definition) is 0. The molecule has 0 bridgehead atoms. The minimum atomic E-state index is -0.489. The molecule has 0 atom stereocenters. The van der Waals surface area contributed by atoms with Gasteiger partial charge in [-0.15, -0.1) is 0 Å². The van der Waals surface area contributed by atoms with Crippen LogP contribution in [0.3, 0.4) is 0 Å². The van der Waals surface area contributed by atoms with Gasteiger partial charge < -0.3 is 9.31 Å². The second kappa shape index (κ2) is 4.08. The van der Waals surface area contributed by atoms with Gasteiger partial charge in [0.2, 0.25) is 0 Å². The predicted molar refractivity (Wildman–Crippen MR) is 68.0 cm³/mol. The molecular weight excluding hydrogens is 227 g/mol. The predicted octanol–water partition coefficient (Wildman–Crippen LogP) is 0.682. The van der Waals surface area contributed by atoms with Crippen LogP contribution in [0.4, 0.5) is 0 Å². The highest BCUT2D eigenvalue weighted by Crippen LogP contribution is 2.36. The van der Waals surface area contributed by atoms with E-state index in [0.29, 0.717) is 5.56 Å². The molecule has 4 nitrogen and oxygen atoms in total. The lowest BCUT2D eigenvalue weighted by molar-refractivity contribution is -0.670. The number of nitrogens with zero attached hydrogens (tertiary/aromatic N) is 2. The summed E-state index contributed by atoms with van der Waals surface area (Å²) >= 11 is 0. The van der Waals surface area contributed by atoms with Gasteiger partial charge >= 0.3 is 7.12 Å². The summed E-state index contributed by atoms with van der Waals surface area (Å²) in [5.41, 5.74) is 0.588. The van der Waals surface area contributed by atoms with E-state index in [4.69, 9.17) is 14.6 Å². The van der Waals surface area contributed by atoms with Gasteiger partial charge in [0.15, 0.2) is 12.4 Å². The minimum Gasteiger partial charge on any atom is -0.399 e. The highest BCUT2D eigenvalue weighted by Gasteiger charge is 2.52. The van der Waals surface area contributed by atoms with Crippen LogP contribution in [0.15, 0.2) is 18.5 Å². The molecule has 0 spiro atoms. The maximum Gasteiger partial charge on any atom is 0.502 e. The SMILES string of the molecule is C[n+]1ccc(C#N)c(B2OC(C)(C)C(C)(C)O2)c1. The fraction of sp³-hybridized carbons (Fsp3) is 0.538. The second-order valence-electron chi connectivity index (χ2n) is 5.68. The molecule has 0 radical (unpaired) electrons. The quantitative estimate of drug-likeness (QED) is 0.540. The van der Waals surface area contributed by atoms with Crippen molar-refractivity contribution in [2.45, 2.75) is 38.9 Å². The van der Waals surface area contributed by atoms with Gasteiger partial charge in [0.05, 0.1) is 28.3 Å². The van der Waals surface area contributed by atoms with Gasteiger partial charge in [-0.3, -0.25) is 0 Å². The summed E-state index contributed by atoms with van der Waals surface area (Å²) in [6.45, 7) is 8.01. The first-order valence-electron chi connectivity index (χ1n) is 6.02. The third-order valence-corrected chi connectivity index (χ3v) is 3.76. The molecule has 94 valence electrons. The second-order valence-corrected chi connectivity index (χ2v) is 5.68.